The first-order chi connectivity index (χ1) is 20.6. The number of benzene rings is 4. The van der Waals surface area contributed by atoms with Crippen molar-refractivity contribution in [2.45, 2.75) is 44.6 Å². The summed E-state index contributed by atoms with van der Waals surface area (Å²) in [5, 5.41) is 9.49. The maximum absolute atomic E-state index is 12.8. The lowest BCUT2D eigenvalue weighted by atomic mass is 9.99. The molecule has 7 rings (SSSR count). The molecule has 0 aliphatic carbocycles. The minimum atomic E-state index is -0.616. The Balaban J connectivity index is 1.12. The van der Waals surface area contributed by atoms with Crippen molar-refractivity contribution < 1.29 is 24.2 Å². The van der Waals surface area contributed by atoms with Crippen molar-refractivity contribution in [1.82, 2.24) is 14.5 Å². The third-order valence-corrected chi connectivity index (χ3v) is 8.01. The van der Waals surface area contributed by atoms with Gasteiger partial charge in [0.05, 0.1) is 60.4 Å². The number of carbonyl (C=O) groups is 2. The summed E-state index contributed by atoms with van der Waals surface area (Å²) >= 11 is 0. The number of amides is 2. The lowest BCUT2D eigenvalue weighted by Crippen LogP contribution is -2.32. The van der Waals surface area contributed by atoms with E-state index < -0.39 is 6.29 Å². The van der Waals surface area contributed by atoms with Crippen molar-refractivity contribution >= 4 is 22.8 Å². The molecule has 0 unspecified atom stereocenters. The van der Waals surface area contributed by atoms with Crippen molar-refractivity contribution in [2.24, 2.45) is 0 Å². The Morgan fingerprint density at radius 2 is 1.40 bits per heavy atom. The van der Waals surface area contributed by atoms with Crippen LogP contribution in [0.25, 0.3) is 11.0 Å². The van der Waals surface area contributed by atoms with Crippen molar-refractivity contribution in [1.29, 1.82) is 0 Å². The number of hydrogen-bond acceptors (Lipinski definition) is 6. The fourth-order valence-corrected chi connectivity index (χ4v) is 5.75. The number of aromatic nitrogens is 2. The molecule has 2 aliphatic rings. The van der Waals surface area contributed by atoms with Gasteiger partial charge in [-0.1, -0.05) is 72.8 Å². The molecule has 1 aromatic heterocycles. The second-order valence-corrected chi connectivity index (χ2v) is 10.7. The summed E-state index contributed by atoms with van der Waals surface area (Å²) in [7, 11) is 0. The van der Waals surface area contributed by atoms with Crippen LogP contribution in [-0.4, -0.2) is 37.5 Å². The van der Waals surface area contributed by atoms with Crippen molar-refractivity contribution in [3.05, 3.63) is 137 Å². The Bertz CT molecular complexity index is 1730. The van der Waals surface area contributed by atoms with Crippen LogP contribution < -0.4 is 0 Å². The molecule has 3 atom stereocenters. The zero-order valence-electron chi connectivity index (χ0n) is 22.8. The lowest BCUT2D eigenvalue weighted by molar-refractivity contribution is -0.252. The van der Waals surface area contributed by atoms with E-state index in [1.165, 1.54) is 4.90 Å². The Morgan fingerprint density at radius 3 is 2.12 bits per heavy atom. The molecule has 210 valence electrons. The van der Waals surface area contributed by atoms with Gasteiger partial charge in [0.2, 0.25) is 0 Å². The van der Waals surface area contributed by atoms with Crippen LogP contribution in [0.15, 0.2) is 103 Å². The van der Waals surface area contributed by atoms with E-state index >= 15 is 0 Å². The summed E-state index contributed by atoms with van der Waals surface area (Å²) in [6, 6.07) is 30.4. The zero-order chi connectivity index (χ0) is 28.6. The quantitative estimate of drug-likeness (QED) is 0.262. The van der Waals surface area contributed by atoms with Crippen LogP contribution in [0.4, 0.5) is 0 Å². The molecule has 0 saturated carbocycles. The van der Waals surface area contributed by atoms with E-state index in [0.29, 0.717) is 24.1 Å². The fourth-order valence-electron chi connectivity index (χ4n) is 5.75. The second-order valence-electron chi connectivity index (χ2n) is 10.7. The van der Waals surface area contributed by atoms with Crippen molar-refractivity contribution in [3.8, 4) is 0 Å². The maximum atomic E-state index is 12.8. The van der Waals surface area contributed by atoms with Gasteiger partial charge in [-0.05, 0) is 41.0 Å². The molecule has 3 heterocycles. The summed E-state index contributed by atoms with van der Waals surface area (Å²) in [5.41, 5.74) is 6.41. The summed E-state index contributed by atoms with van der Waals surface area (Å²) in [5.74, 6) is -0.549. The number of carbonyl (C=O) groups excluding carboxylic acids is 2. The summed E-state index contributed by atoms with van der Waals surface area (Å²) in [6.45, 7) is 0.791. The first-order valence-corrected chi connectivity index (χ1v) is 14.0. The van der Waals surface area contributed by atoms with Gasteiger partial charge in [0.25, 0.3) is 11.8 Å². The molecule has 1 saturated heterocycles. The number of nitrogens with zero attached hydrogens (tertiary/aromatic N) is 3. The number of para-hydroxylation sites is 2. The molecule has 4 aromatic carbocycles. The fraction of sp³-hybridized carbons (Fsp3) is 0.206. The Kier molecular flexibility index (Phi) is 6.87. The Hall–Kier alpha value is -4.63. The van der Waals surface area contributed by atoms with Gasteiger partial charge in [-0.15, -0.1) is 0 Å². The molecule has 1 fully saturated rings. The predicted octanol–water partition coefficient (Wildman–Crippen LogP) is 5.57. The van der Waals surface area contributed by atoms with Gasteiger partial charge in [-0.25, -0.2) is 4.98 Å². The summed E-state index contributed by atoms with van der Waals surface area (Å²) in [6.07, 6.45) is 1.52. The minimum Gasteiger partial charge on any atom is -0.392 e. The van der Waals surface area contributed by atoms with E-state index in [0.717, 1.165) is 33.3 Å². The molecule has 8 nitrogen and oxygen atoms in total. The molecule has 8 heteroatoms. The van der Waals surface area contributed by atoms with Gasteiger partial charge in [0.1, 0.15) is 0 Å². The first-order valence-electron chi connectivity index (χ1n) is 14.0. The second kappa shape index (κ2) is 11.0. The molecule has 0 spiro atoms. The molecule has 1 N–H and O–H groups in total. The number of hydrogen-bond donors (Lipinski definition) is 1. The van der Waals surface area contributed by atoms with Gasteiger partial charge < -0.3 is 19.1 Å². The monoisotopic (exact) mass is 559 g/mol. The Labute approximate surface area is 242 Å². The summed E-state index contributed by atoms with van der Waals surface area (Å²) < 4.78 is 15.1. The van der Waals surface area contributed by atoms with E-state index in [1.807, 2.05) is 73.1 Å². The third-order valence-electron chi connectivity index (χ3n) is 8.01. The van der Waals surface area contributed by atoms with Gasteiger partial charge in [-0.3, -0.25) is 14.5 Å². The standard InChI is InChI=1S/C34H29N3O5/c38-20-23-11-13-24(14-12-23)31-17-26(19-36-21-35-29-7-3-4-8-30(29)36)41-34(42-31)25-15-9-22(10-16-25)18-37-32(39)27-5-1-2-6-28(27)33(37)40/h1-16,21,26,31,34,38H,17-20H2/t26-,31+,34+/m1/s1. The molecule has 0 bridgehead atoms. The number of imide groups is 1. The molecule has 2 aliphatic heterocycles. The van der Waals surface area contributed by atoms with Crippen LogP contribution in [-0.2, 0) is 29.2 Å². The van der Waals surface area contributed by atoms with Crippen LogP contribution >= 0.6 is 0 Å². The van der Waals surface area contributed by atoms with Gasteiger partial charge in [0, 0.05) is 12.0 Å². The van der Waals surface area contributed by atoms with Crippen molar-refractivity contribution in [2.75, 3.05) is 0 Å². The maximum Gasteiger partial charge on any atom is 0.261 e. The number of rotatable bonds is 7. The van der Waals surface area contributed by atoms with Gasteiger partial charge in [-0.2, -0.15) is 0 Å². The SMILES string of the molecule is O=C1c2ccccc2C(=O)N1Cc1ccc([C@H]2O[C@@H](Cn3cnc4ccccc43)C[C@@H](c3ccc(CO)cc3)O2)cc1. The molecule has 2 amide bonds. The van der Waals surface area contributed by atoms with Crippen LogP contribution in [0.1, 0.15) is 61.8 Å². The number of aliphatic hydroxyl groups is 1. The van der Waals surface area contributed by atoms with Crippen LogP contribution in [0.2, 0.25) is 0 Å². The van der Waals surface area contributed by atoms with Crippen LogP contribution in [0.5, 0.6) is 0 Å². The van der Waals surface area contributed by atoms with Gasteiger partial charge >= 0.3 is 0 Å². The molecular formula is C34H29N3O5. The zero-order valence-corrected chi connectivity index (χ0v) is 22.8. The van der Waals surface area contributed by atoms with Gasteiger partial charge in [0.15, 0.2) is 6.29 Å². The number of ether oxygens (including phenoxy) is 2. The van der Waals surface area contributed by atoms with E-state index in [-0.39, 0.29) is 37.2 Å². The highest BCUT2D eigenvalue weighted by molar-refractivity contribution is 6.21. The highest BCUT2D eigenvalue weighted by Gasteiger charge is 2.35. The highest BCUT2D eigenvalue weighted by Crippen LogP contribution is 2.39. The highest BCUT2D eigenvalue weighted by atomic mass is 16.7. The predicted molar refractivity (Wildman–Crippen MR) is 155 cm³/mol. The largest absolute Gasteiger partial charge is 0.392 e. The Morgan fingerprint density at radius 1 is 0.762 bits per heavy atom. The average Bonchev–Trinajstić information content (AvgIpc) is 3.55. The van der Waals surface area contributed by atoms with E-state index in [1.54, 1.807) is 24.3 Å². The molecular weight excluding hydrogens is 530 g/mol. The number of imidazole rings is 1. The van der Waals surface area contributed by atoms with E-state index in [2.05, 4.69) is 15.6 Å². The third kappa shape index (κ3) is 4.90. The number of aliphatic hydroxyl groups excluding tert-OH is 1. The summed E-state index contributed by atoms with van der Waals surface area (Å²) in [4.78, 5) is 31.5. The van der Waals surface area contributed by atoms with E-state index in [4.69, 9.17) is 9.47 Å². The first kappa shape index (κ1) is 26.3. The van der Waals surface area contributed by atoms with Crippen LogP contribution in [0, 0.1) is 0 Å². The molecule has 42 heavy (non-hydrogen) atoms. The van der Waals surface area contributed by atoms with Crippen LogP contribution in [0.3, 0.4) is 0 Å². The topological polar surface area (TPSA) is 93.9 Å². The number of fused-ring (bicyclic) bond motifs is 2. The normalized spacial score (nSPS) is 20.3. The average molecular weight is 560 g/mol. The van der Waals surface area contributed by atoms with Crippen molar-refractivity contribution in [3.63, 3.8) is 0 Å². The smallest absolute Gasteiger partial charge is 0.261 e. The minimum absolute atomic E-state index is 0.0130. The lowest BCUT2D eigenvalue weighted by Gasteiger charge is -2.36. The molecule has 5 aromatic rings. The van der Waals surface area contributed by atoms with E-state index in [9.17, 15) is 14.7 Å². The molecule has 0 radical (unpaired) electrons.